The van der Waals surface area contributed by atoms with Gasteiger partial charge in [0.15, 0.2) is 46.5 Å². The number of hydrogen-bond acceptors (Lipinski definition) is 2. The summed E-state index contributed by atoms with van der Waals surface area (Å²) in [4.78, 5) is -5.23. The van der Waals surface area contributed by atoms with E-state index in [0.717, 1.165) is 6.92 Å². The largest absolute Gasteiger partial charge is 0.218 e. The normalized spacial score (nSPS) is 11.8. The van der Waals surface area contributed by atoms with Crippen LogP contribution in [0.4, 0.5) is 39.5 Å². The highest BCUT2D eigenvalue weighted by Crippen LogP contribution is 2.37. The predicted octanol–water partition coefficient (Wildman–Crippen LogP) is 4.80. The first kappa shape index (κ1) is 20.8. The van der Waals surface area contributed by atoms with E-state index in [4.69, 9.17) is 0 Å². The monoisotopic (exact) mass is 420 g/mol. The van der Waals surface area contributed by atoms with Crippen molar-refractivity contribution in [3.63, 3.8) is 0 Å². The van der Waals surface area contributed by atoms with Gasteiger partial charge in [0.25, 0.3) is 0 Å². The first-order chi connectivity index (χ1) is 12.3. The van der Waals surface area contributed by atoms with Gasteiger partial charge >= 0.3 is 0 Å². The van der Waals surface area contributed by atoms with Crippen molar-refractivity contribution in [1.29, 1.82) is 0 Å². The van der Waals surface area contributed by atoms with E-state index in [2.05, 4.69) is 6.58 Å². The molecule has 0 heterocycles. The van der Waals surface area contributed by atoms with Crippen LogP contribution in [-0.2, 0) is 9.84 Å². The molecule has 0 saturated heterocycles. The van der Waals surface area contributed by atoms with Crippen LogP contribution in [0.15, 0.2) is 16.4 Å². The zero-order valence-corrected chi connectivity index (χ0v) is 13.7. The molecule has 0 aliphatic rings. The Labute approximate surface area is 145 Å². The molecule has 0 unspecified atom stereocenters. The van der Waals surface area contributed by atoms with E-state index < -0.39 is 83.1 Å². The lowest BCUT2D eigenvalue weighted by atomic mass is 10.1. The highest BCUT2D eigenvalue weighted by atomic mass is 32.2. The van der Waals surface area contributed by atoms with Crippen LogP contribution in [0.2, 0.25) is 0 Å². The Morgan fingerprint density at radius 3 is 1.15 bits per heavy atom. The third kappa shape index (κ3) is 2.87. The third-order valence-electron chi connectivity index (χ3n) is 3.36. The Morgan fingerprint density at radius 2 is 0.852 bits per heavy atom. The van der Waals surface area contributed by atoms with Crippen LogP contribution in [0.5, 0.6) is 0 Å². The van der Waals surface area contributed by atoms with Gasteiger partial charge in [-0.25, -0.2) is 47.9 Å². The maximum atomic E-state index is 14.1. The van der Waals surface area contributed by atoms with Crippen LogP contribution in [0.1, 0.15) is 12.5 Å². The fourth-order valence-electron chi connectivity index (χ4n) is 2.14. The Kier molecular flexibility index (Phi) is 5.08. The number of benzene rings is 2. The van der Waals surface area contributed by atoms with Crippen molar-refractivity contribution in [1.82, 2.24) is 0 Å². The van der Waals surface area contributed by atoms with Crippen molar-refractivity contribution < 1.29 is 47.9 Å². The minimum Gasteiger partial charge on any atom is -0.218 e. The summed E-state index contributed by atoms with van der Waals surface area (Å²) in [7, 11) is -6.27. The molecule has 2 nitrogen and oxygen atoms in total. The van der Waals surface area contributed by atoms with E-state index in [1.807, 2.05) is 0 Å². The van der Waals surface area contributed by atoms with Crippen molar-refractivity contribution >= 4 is 15.4 Å². The molecule has 0 atom stereocenters. The second kappa shape index (κ2) is 6.59. The SMILES string of the molecule is C=C(C)c1c(F)c(F)c(S(=O)(=O)c2c(F)c(F)c(F)c(F)c2F)c(F)c1F. The fraction of sp³-hybridized carbons (Fsp3) is 0.0667. The lowest BCUT2D eigenvalue weighted by Gasteiger charge is -2.14. The van der Waals surface area contributed by atoms with Gasteiger partial charge in [0.2, 0.25) is 15.7 Å². The molecule has 2 aromatic carbocycles. The topological polar surface area (TPSA) is 34.1 Å². The van der Waals surface area contributed by atoms with E-state index in [1.165, 1.54) is 0 Å². The highest BCUT2D eigenvalue weighted by molar-refractivity contribution is 7.91. The maximum absolute atomic E-state index is 14.1. The number of halogens is 9. The maximum Gasteiger partial charge on any atom is 0.218 e. The molecule has 2 rings (SSSR count). The van der Waals surface area contributed by atoms with E-state index in [-0.39, 0.29) is 0 Å². The molecule has 0 fully saturated rings. The molecule has 0 saturated carbocycles. The van der Waals surface area contributed by atoms with Gasteiger partial charge in [0.05, 0.1) is 5.56 Å². The summed E-state index contributed by atoms with van der Waals surface area (Å²) in [5.74, 6) is -24.0. The number of hydrogen-bond donors (Lipinski definition) is 0. The third-order valence-corrected chi connectivity index (χ3v) is 5.15. The summed E-state index contributed by atoms with van der Waals surface area (Å²) >= 11 is 0. The standard InChI is InChI=1S/C15H5F9O2S/c1-3(2)4-5(16)10(21)14(11(22)6(4)17)27(25,26)15-12(23)8(19)7(18)9(20)13(15)24/h1H2,2H3. The van der Waals surface area contributed by atoms with Crippen molar-refractivity contribution in [2.75, 3.05) is 0 Å². The van der Waals surface area contributed by atoms with Crippen molar-refractivity contribution in [2.24, 2.45) is 0 Å². The lowest BCUT2D eigenvalue weighted by Crippen LogP contribution is -2.18. The zero-order valence-electron chi connectivity index (χ0n) is 12.8. The molecule has 0 spiro atoms. The number of allylic oxidation sites excluding steroid dienone is 1. The van der Waals surface area contributed by atoms with E-state index >= 15 is 0 Å². The van der Waals surface area contributed by atoms with Crippen LogP contribution < -0.4 is 0 Å². The molecule has 12 heteroatoms. The lowest BCUT2D eigenvalue weighted by molar-refractivity contribution is 0.356. The summed E-state index contributed by atoms with van der Waals surface area (Å²) in [6.07, 6.45) is 0. The molecule has 0 radical (unpaired) electrons. The molecule has 0 aliphatic heterocycles. The Hall–Kier alpha value is -2.50. The summed E-state index contributed by atoms with van der Waals surface area (Å²) < 4.78 is 147. The Bertz CT molecular complexity index is 1050. The molecular weight excluding hydrogens is 415 g/mol. The second-order valence-electron chi connectivity index (χ2n) is 5.14. The minimum atomic E-state index is -6.27. The zero-order chi connectivity index (χ0) is 21.0. The molecule has 27 heavy (non-hydrogen) atoms. The first-order valence-electron chi connectivity index (χ1n) is 6.55. The molecule has 0 aliphatic carbocycles. The Morgan fingerprint density at radius 1 is 0.593 bits per heavy atom. The average molecular weight is 420 g/mol. The molecule has 0 N–H and O–H groups in total. The van der Waals surface area contributed by atoms with Gasteiger partial charge in [-0.1, -0.05) is 6.58 Å². The Balaban J connectivity index is 3.03. The van der Waals surface area contributed by atoms with Gasteiger partial charge in [-0.2, -0.15) is 0 Å². The second-order valence-corrected chi connectivity index (χ2v) is 6.97. The molecule has 2 aromatic rings. The fourth-order valence-corrected chi connectivity index (χ4v) is 3.65. The van der Waals surface area contributed by atoms with Gasteiger partial charge in [-0.05, 0) is 12.5 Å². The van der Waals surface area contributed by atoms with Crippen LogP contribution in [0.3, 0.4) is 0 Å². The van der Waals surface area contributed by atoms with Crippen molar-refractivity contribution in [2.45, 2.75) is 16.7 Å². The van der Waals surface area contributed by atoms with E-state index in [0.29, 0.717) is 0 Å². The van der Waals surface area contributed by atoms with Gasteiger partial charge in [0, 0.05) is 0 Å². The van der Waals surface area contributed by atoms with Crippen molar-refractivity contribution in [3.8, 4) is 0 Å². The number of sulfone groups is 1. The average Bonchev–Trinajstić information content (AvgIpc) is 2.56. The highest BCUT2D eigenvalue weighted by Gasteiger charge is 2.40. The molecule has 0 aromatic heterocycles. The van der Waals surface area contributed by atoms with E-state index in [1.54, 1.807) is 0 Å². The van der Waals surface area contributed by atoms with Crippen LogP contribution in [0, 0.1) is 52.4 Å². The molecule has 146 valence electrons. The quantitative estimate of drug-likeness (QED) is 0.309. The van der Waals surface area contributed by atoms with Crippen LogP contribution in [0.25, 0.3) is 5.57 Å². The predicted molar refractivity (Wildman–Crippen MR) is 72.7 cm³/mol. The van der Waals surface area contributed by atoms with Crippen LogP contribution in [-0.4, -0.2) is 8.42 Å². The van der Waals surface area contributed by atoms with Gasteiger partial charge < -0.3 is 0 Å². The molecule has 0 amide bonds. The molecule has 0 bridgehead atoms. The van der Waals surface area contributed by atoms with Crippen LogP contribution >= 0.6 is 0 Å². The van der Waals surface area contributed by atoms with E-state index in [9.17, 15) is 47.9 Å². The summed E-state index contributed by atoms with van der Waals surface area (Å²) in [6.45, 7) is 3.92. The molecular formula is C15H5F9O2S. The smallest absolute Gasteiger partial charge is 0.218 e. The summed E-state index contributed by atoms with van der Waals surface area (Å²) in [6, 6.07) is 0. The number of rotatable bonds is 3. The summed E-state index contributed by atoms with van der Waals surface area (Å²) in [5.41, 5.74) is -1.98. The first-order valence-corrected chi connectivity index (χ1v) is 8.03. The minimum absolute atomic E-state index is 0.581. The summed E-state index contributed by atoms with van der Waals surface area (Å²) in [5, 5.41) is 0. The van der Waals surface area contributed by atoms with Gasteiger partial charge in [0.1, 0.15) is 9.79 Å². The van der Waals surface area contributed by atoms with Gasteiger partial charge in [-0.3, -0.25) is 0 Å². The van der Waals surface area contributed by atoms with Crippen molar-refractivity contribution in [3.05, 3.63) is 64.5 Å². The van der Waals surface area contributed by atoms with Gasteiger partial charge in [-0.15, -0.1) is 0 Å².